The number of Topliss-reactive ketones (excluding diaryl/α,β-unsaturated/α-hetero) is 1. The van der Waals surface area contributed by atoms with Gasteiger partial charge in [0.05, 0.1) is 18.0 Å². The summed E-state index contributed by atoms with van der Waals surface area (Å²) in [4.78, 5) is 44.9. The Balaban J connectivity index is 2.67. The number of carbonyl (C=O) groups is 4. The van der Waals surface area contributed by atoms with Crippen LogP contribution in [-0.4, -0.2) is 39.9 Å². The molecule has 3 N–H and O–H groups in total. The van der Waals surface area contributed by atoms with Crippen molar-refractivity contribution in [2.24, 2.45) is 5.92 Å². The van der Waals surface area contributed by atoms with Gasteiger partial charge in [0.1, 0.15) is 0 Å². The third-order valence-electron chi connectivity index (χ3n) is 3.38. The van der Waals surface area contributed by atoms with Gasteiger partial charge in [-0.3, -0.25) is 14.4 Å². The highest BCUT2D eigenvalue weighted by molar-refractivity contribution is 5.91. The average molecular weight is 321 g/mol. The fourth-order valence-corrected chi connectivity index (χ4v) is 2.01. The highest BCUT2D eigenvalue weighted by Crippen LogP contribution is 2.11. The second-order valence-corrected chi connectivity index (χ2v) is 5.38. The number of carboxylic acid groups (broad SMARTS) is 2. The van der Waals surface area contributed by atoms with Gasteiger partial charge in [-0.2, -0.15) is 0 Å². The van der Waals surface area contributed by atoms with Gasteiger partial charge in [-0.15, -0.1) is 0 Å². The van der Waals surface area contributed by atoms with Gasteiger partial charge < -0.3 is 15.5 Å². The SMILES string of the molecule is CC(=O)[C@H](CC(=O)O)NC(=O)[C@@H](C)Cc1ccc(C(=O)O)cc1. The van der Waals surface area contributed by atoms with Crippen LogP contribution < -0.4 is 5.32 Å². The summed E-state index contributed by atoms with van der Waals surface area (Å²) in [5, 5.41) is 20.0. The Hall–Kier alpha value is -2.70. The highest BCUT2D eigenvalue weighted by atomic mass is 16.4. The number of amides is 1. The monoisotopic (exact) mass is 321 g/mol. The predicted octanol–water partition coefficient (Wildman–Crippen LogP) is 1.11. The molecule has 0 unspecified atom stereocenters. The molecule has 124 valence electrons. The number of aliphatic carboxylic acids is 1. The topological polar surface area (TPSA) is 121 Å². The van der Waals surface area contributed by atoms with Crippen LogP contribution in [0.3, 0.4) is 0 Å². The molecule has 0 aliphatic carbocycles. The van der Waals surface area contributed by atoms with E-state index in [9.17, 15) is 19.2 Å². The summed E-state index contributed by atoms with van der Waals surface area (Å²) < 4.78 is 0. The number of hydrogen-bond donors (Lipinski definition) is 3. The lowest BCUT2D eigenvalue weighted by atomic mass is 9.98. The molecule has 7 nitrogen and oxygen atoms in total. The third-order valence-corrected chi connectivity index (χ3v) is 3.38. The number of rotatable bonds is 8. The fourth-order valence-electron chi connectivity index (χ4n) is 2.01. The zero-order valence-corrected chi connectivity index (χ0v) is 12.9. The van der Waals surface area contributed by atoms with E-state index in [4.69, 9.17) is 10.2 Å². The molecule has 0 fully saturated rings. The third kappa shape index (κ3) is 5.90. The molecular formula is C16H19NO6. The van der Waals surface area contributed by atoms with Crippen molar-refractivity contribution in [3.8, 4) is 0 Å². The van der Waals surface area contributed by atoms with E-state index in [0.717, 1.165) is 5.56 Å². The van der Waals surface area contributed by atoms with Crippen LogP contribution in [0.2, 0.25) is 0 Å². The summed E-state index contributed by atoms with van der Waals surface area (Å²) >= 11 is 0. The molecule has 1 aromatic carbocycles. The van der Waals surface area contributed by atoms with Gasteiger partial charge in [0, 0.05) is 5.92 Å². The van der Waals surface area contributed by atoms with Crippen LogP contribution in [-0.2, 0) is 20.8 Å². The largest absolute Gasteiger partial charge is 0.481 e. The van der Waals surface area contributed by atoms with Crippen LogP contribution in [0, 0.1) is 5.92 Å². The van der Waals surface area contributed by atoms with Crippen molar-refractivity contribution in [2.45, 2.75) is 32.7 Å². The Labute approximate surface area is 133 Å². The minimum absolute atomic E-state index is 0.156. The standard InChI is InChI=1S/C16H19NO6/c1-9(7-11-3-5-12(6-4-11)16(22)23)15(21)17-13(10(2)18)8-14(19)20/h3-6,9,13H,7-8H2,1-2H3,(H,17,21)(H,19,20)(H,22,23)/t9-,13-/m0/s1. The number of hydrogen-bond acceptors (Lipinski definition) is 4. The Morgan fingerprint density at radius 3 is 2.09 bits per heavy atom. The maximum absolute atomic E-state index is 12.1. The summed E-state index contributed by atoms with van der Waals surface area (Å²) in [5.74, 6) is -3.52. The number of benzene rings is 1. The van der Waals surface area contributed by atoms with Crippen LogP contribution in [0.15, 0.2) is 24.3 Å². The molecule has 1 aromatic rings. The normalized spacial score (nSPS) is 13.0. The molecule has 0 aliphatic heterocycles. The maximum Gasteiger partial charge on any atom is 0.335 e. The fraction of sp³-hybridized carbons (Fsp3) is 0.375. The van der Waals surface area contributed by atoms with Gasteiger partial charge in [-0.05, 0) is 31.0 Å². The van der Waals surface area contributed by atoms with E-state index in [1.165, 1.54) is 19.1 Å². The van der Waals surface area contributed by atoms with Crippen LogP contribution in [0.5, 0.6) is 0 Å². The first kappa shape index (κ1) is 18.3. The molecule has 0 bridgehead atoms. The van der Waals surface area contributed by atoms with Gasteiger partial charge in [0.25, 0.3) is 0 Å². The molecule has 0 aliphatic rings. The van der Waals surface area contributed by atoms with Crippen molar-refractivity contribution < 1.29 is 29.4 Å². The lowest BCUT2D eigenvalue weighted by Crippen LogP contribution is -2.43. The van der Waals surface area contributed by atoms with Crippen molar-refractivity contribution in [1.82, 2.24) is 5.32 Å². The predicted molar refractivity (Wildman–Crippen MR) is 81.1 cm³/mol. The quantitative estimate of drug-likeness (QED) is 0.659. The number of aromatic carboxylic acids is 1. The smallest absolute Gasteiger partial charge is 0.335 e. The number of carboxylic acids is 2. The van der Waals surface area contributed by atoms with Gasteiger partial charge >= 0.3 is 11.9 Å². The summed E-state index contributed by atoms with van der Waals surface area (Å²) in [7, 11) is 0. The maximum atomic E-state index is 12.1. The van der Waals surface area contributed by atoms with E-state index in [1.807, 2.05) is 0 Å². The molecule has 1 rings (SSSR count). The molecular weight excluding hydrogens is 302 g/mol. The van der Waals surface area contributed by atoms with Gasteiger partial charge in [0.2, 0.25) is 5.91 Å². The lowest BCUT2D eigenvalue weighted by molar-refractivity contribution is -0.140. The first-order valence-electron chi connectivity index (χ1n) is 7.05. The van der Waals surface area contributed by atoms with E-state index >= 15 is 0 Å². The van der Waals surface area contributed by atoms with Crippen molar-refractivity contribution in [3.05, 3.63) is 35.4 Å². The number of nitrogens with one attached hydrogen (secondary N) is 1. The van der Waals surface area contributed by atoms with Gasteiger partial charge in [-0.25, -0.2) is 4.79 Å². The Morgan fingerprint density at radius 1 is 1.09 bits per heavy atom. The highest BCUT2D eigenvalue weighted by Gasteiger charge is 2.23. The molecule has 0 spiro atoms. The molecule has 0 saturated carbocycles. The first-order chi connectivity index (χ1) is 10.7. The molecule has 0 radical (unpaired) electrons. The van der Waals surface area contributed by atoms with Gasteiger partial charge in [-0.1, -0.05) is 19.1 Å². The number of carbonyl (C=O) groups excluding carboxylic acids is 2. The molecule has 0 aromatic heterocycles. The summed E-state index contributed by atoms with van der Waals surface area (Å²) in [6, 6.07) is 5.09. The second-order valence-electron chi connectivity index (χ2n) is 5.38. The van der Waals surface area contributed by atoms with Crippen molar-refractivity contribution in [2.75, 3.05) is 0 Å². The van der Waals surface area contributed by atoms with Crippen molar-refractivity contribution in [3.63, 3.8) is 0 Å². The molecule has 1 amide bonds. The van der Waals surface area contributed by atoms with E-state index in [1.54, 1.807) is 19.1 Å². The Morgan fingerprint density at radius 2 is 1.65 bits per heavy atom. The van der Waals surface area contributed by atoms with E-state index in [-0.39, 0.29) is 5.56 Å². The van der Waals surface area contributed by atoms with E-state index < -0.39 is 42.0 Å². The number of ketones is 1. The Bertz CT molecular complexity index is 608. The average Bonchev–Trinajstić information content (AvgIpc) is 2.46. The Kier molecular flexibility index (Phi) is 6.44. The van der Waals surface area contributed by atoms with Crippen LogP contribution in [0.25, 0.3) is 0 Å². The molecule has 7 heteroatoms. The molecule has 0 heterocycles. The molecule has 2 atom stereocenters. The van der Waals surface area contributed by atoms with Crippen molar-refractivity contribution in [1.29, 1.82) is 0 Å². The zero-order valence-electron chi connectivity index (χ0n) is 12.9. The second kappa shape index (κ2) is 8.07. The summed E-state index contributed by atoms with van der Waals surface area (Å²) in [6.07, 6.45) is -0.107. The summed E-state index contributed by atoms with van der Waals surface area (Å²) in [6.45, 7) is 2.88. The van der Waals surface area contributed by atoms with E-state index in [0.29, 0.717) is 6.42 Å². The zero-order chi connectivity index (χ0) is 17.6. The summed E-state index contributed by atoms with van der Waals surface area (Å²) in [5.41, 5.74) is 0.930. The first-order valence-corrected chi connectivity index (χ1v) is 7.05. The molecule has 23 heavy (non-hydrogen) atoms. The van der Waals surface area contributed by atoms with Crippen LogP contribution in [0.1, 0.15) is 36.2 Å². The minimum Gasteiger partial charge on any atom is -0.481 e. The van der Waals surface area contributed by atoms with Gasteiger partial charge in [0.15, 0.2) is 5.78 Å². The minimum atomic E-state index is -1.16. The molecule has 0 saturated heterocycles. The van der Waals surface area contributed by atoms with Crippen LogP contribution >= 0.6 is 0 Å². The van der Waals surface area contributed by atoms with Crippen LogP contribution in [0.4, 0.5) is 0 Å². The lowest BCUT2D eigenvalue weighted by Gasteiger charge is -2.17. The van der Waals surface area contributed by atoms with Crippen molar-refractivity contribution >= 4 is 23.6 Å². The van der Waals surface area contributed by atoms with E-state index in [2.05, 4.69) is 5.32 Å².